The van der Waals surface area contributed by atoms with Crippen LogP contribution in [0, 0.1) is 0 Å². The van der Waals surface area contributed by atoms with E-state index in [1.807, 2.05) is 29.6 Å². The number of nitrogens with one attached hydrogen (secondary N) is 1. The Morgan fingerprint density at radius 1 is 1.14 bits per heavy atom. The van der Waals surface area contributed by atoms with Gasteiger partial charge in [0.05, 0.1) is 0 Å². The Morgan fingerprint density at radius 2 is 1.95 bits per heavy atom. The zero-order chi connectivity index (χ0) is 14.7. The number of thiophene rings is 1. The summed E-state index contributed by atoms with van der Waals surface area (Å²) in [6.07, 6.45) is 0. The van der Waals surface area contributed by atoms with Gasteiger partial charge in [-0.3, -0.25) is 4.79 Å². The lowest BCUT2D eigenvalue weighted by Gasteiger charge is -2.07. The standard InChI is InChI=1S/C16H12ClNO2S/c17-12-1-4-14(5-2-12)20-10-16(19)18-13-3-6-15-11(9-13)7-8-21-15/h1-9H,10H2,(H,18,19). The van der Waals surface area contributed by atoms with E-state index < -0.39 is 0 Å². The van der Waals surface area contributed by atoms with Crippen LogP contribution in [0.4, 0.5) is 5.69 Å². The second kappa shape index (κ2) is 6.16. The van der Waals surface area contributed by atoms with E-state index in [9.17, 15) is 4.79 Å². The number of rotatable bonds is 4. The number of ether oxygens (including phenoxy) is 1. The minimum atomic E-state index is -0.195. The van der Waals surface area contributed by atoms with Gasteiger partial charge in [0.2, 0.25) is 0 Å². The van der Waals surface area contributed by atoms with Crippen molar-refractivity contribution in [1.29, 1.82) is 0 Å². The number of carbonyl (C=O) groups excluding carboxylic acids is 1. The first-order chi connectivity index (χ1) is 10.2. The van der Waals surface area contributed by atoms with Crippen LogP contribution in [-0.2, 0) is 4.79 Å². The summed E-state index contributed by atoms with van der Waals surface area (Å²) in [6, 6.07) is 14.8. The van der Waals surface area contributed by atoms with Crippen LogP contribution in [0.5, 0.6) is 5.75 Å². The topological polar surface area (TPSA) is 38.3 Å². The molecule has 2 aromatic carbocycles. The fraction of sp³-hybridized carbons (Fsp3) is 0.0625. The molecule has 0 saturated heterocycles. The van der Waals surface area contributed by atoms with Gasteiger partial charge in [-0.1, -0.05) is 11.6 Å². The average Bonchev–Trinajstić information content (AvgIpc) is 2.94. The largest absolute Gasteiger partial charge is 0.484 e. The maximum Gasteiger partial charge on any atom is 0.262 e. The highest BCUT2D eigenvalue weighted by atomic mass is 35.5. The summed E-state index contributed by atoms with van der Waals surface area (Å²) in [5.74, 6) is 0.419. The minimum absolute atomic E-state index is 0.0384. The summed E-state index contributed by atoms with van der Waals surface area (Å²) in [4.78, 5) is 11.9. The Bertz CT molecular complexity index is 767. The molecule has 106 valence electrons. The van der Waals surface area contributed by atoms with E-state index in [-0.39, 0.29) is 12.5 Å². The summed E-state index contributed by atoms with van der Waals surface area (Å²) in [5, 5.41) is 6.60. The van der Waals surface area contributed by atoms with Gasteiger partial charge in [-0.25, -0.2) is 0 Å². The first-order valence-corrected chi connectivity index (χ1v) is 7.62. The quantitative estimate of drug-likeness (QED) is 0.765. The maximum atomic E-state index is 11.9. The van der Waals surface area contributed by atoms with Crippen LogP contribution in [0.2, 0.25) is 5.02 Å². The van der Waals surface area contributed by atoms with Gasteiger partial charge in [0.25, 0.3) is 5.91 Å². The molecule has 1 aromatic heterocycles. The monoisotopic (exact) mass is 317 g/mol. The maximum absolute atomic E-state index is 11.9. The number of hydrogen-bond donors (Lipinski definition) is 1. The molecule has 1 amide bonds. The molecule has 0 bridgehead atoms. The Kier molecular flexibility index (Phi) is 4.08. The van der Waals surface area contributed by atoms with Crippen molar-refractivity contribution in [3.8, 4) is 5.75 Å². The smallest absolute Gasteiger partial charge is 0.262 e. The van der Waals surface area contributed by atoms with E-state index in [2.05, 4.69) is 5.32 Å². The second-order valence-corrected chi connectivity index (χ2v) is 5.85. The number of amides is 1. The summed E-state index contributed by atoms with van der Waals surface area (Å²) in [6.45, 7) is -0.0384. The van der Waals surface area contributed by atoms with Crippen molar-refractivity contribution in [2.75, 3.05) is 11.9 Å². The van der Waals surface area contributed by atoms with Gasteiger partial charge >= 0.3 is 0 Å². The molecule has 1 N–H and O–H groups in total. The molecule has 0 saturated carbocycles. The van der Waals surface area contributed by atoms with Crippen molar-refractivity contribution in [3.63, 3.8) is 0 Å². The number of benzene rings is 2. The molecule has 1 heterocycles. The zero-order valence-corrected chi connectivity index (χ0v) is 12.6. The van der Waals surface area contributed by atoms with Gasteiger partial charge in [0, 0.05) is 15.4 Å². The molecule has 0 aliphatic carbocycles. The highest BCUT2D eigenvalue weighted by molar-refractivity contribution is 7.17. The summed E-state index contributed by atoms with van der Waals surface area (Å²) >= 11 is 7.46. The molecule has 0 aliphatic rings. The molecule has 0 unspecified atom stereocenters. The fourth-order valence-corrected chi connectivity index (χ4v) is 2.82. The summed E-state index contributed by atoms with van der Waals surface area (Å²) in [7, 11) is 0. The number of fused-ring (bicyclic) bond motifs is 1. The molecule has 0 fully saturated rings. The lowest BCUT2D eigenvalue weighted by atomic mass is 10.2. The normalized spacial score (nSPS) is 10.5. The first-order valence-electron chi connectivity index (χ1n) is 6.36. The summed E-state index contributed by atoms with van der Waals surface area (Å²) in [5.41, 5.74) is 0.769. The molecule has 3 rings (SSSR count). The van der Waals surface area contributed by atoms with Crippen molar-refractivity contribution >= 4 is 44.6 Å². The zero-order valence-electron chi connectivity index (χ0n) is 11.0. The van der Waals surface area contributed by atoms with Crippen LogP contribution in [-0.4, -0.2) is 12.5 Å². The minimum Gasteiger partial charge on any atom is -0.484 e. The molecule has 21 heavy (non-hydrogen) atoms. The van der Waals surface area contributed by atoms with Gasteiger partial charge in [0.15, 0.2) is 6.61 Å². The van der Waals surface area contributed by atoms with E-state index in [1.165, 1.54) is 4.70 Å². The van der Waals surface area contributed by atoms with Crippen LogP contribution in [0.1, 0.15) is 0 Å². The predicted molar refractivity (Wildman–Crippen MR) is 87.4 cm³/mol. The van der Waals surface area contributed by atoms with E-state index in [0.717, 1.165) is 11.1 Å². The third-order valence-corrected chi connectivity index (χ3v) is 4.07. The molecule has 0 radical (unpaired) electrons. The molecule has 5 heteroatoms. The lowest BCUT2D eigenvalue weighted by molar-refractivity contribution is -0.118. The van der Waals surface area contributed by atoms with Gasteiger partial charge in [0.1, 0.15) is 5.75 Å². The molecule has 0 atom stereocenters. The van der Waals surface area contributed by atoms with E-state index in [4.69, 9.17) is 16.3 Å². The van der Waals surface area contributed by atoms with Crippen molar-refractivity contribution in [3.05, 3.63) is 58.9 Å². The Labute approximate surface area is 131 Å². The van der Waals surface area contributed by atoms with E-state index in [0.29, 0.717) is 10.8 Å². The third-order valence-electron chi connectivity index (χ3n) is 2.92. The van der Waals surface area contributed by atoms with Gasteiger partial charge < -0.3 is 10.1 Å². The fourth-order valence-electron chi connectivity index (χ4n) is 1.92. The SMILES string of the molecule is O=C(COc1ccc(Cl)cc1)Nc1ccc2sccc2c1. The number of carbonyl (C=O) groups is 1. The molecular weight excluding hydrogens is 306 g/mol. The van der Waals surface area contributed by atoms with Crippen molar-refractivity contribution < 1.29 is 9.53 Å². The summed E-state index contributed by atoms with van der Waals surface area (Å²) < 4.78 is 6.60. The van der Waals surface area contributed by atoms with Crippen LogP contribution in [0.15, 0.2) is 53.9 Å². The van der Waals surface area contributed by atoms with Gasteiger partial charge in [-0.2, -0.15) is 0 Å². The molecule has 3 aromatic rings. The van der Waals surface area contributed by atoms with Gasteiger partial charge in [-0.15, -0.1) is 11.3 Å². The van der Waals surface area contributed by atoms with Crippen LogP contribution in [0.3, 0.4) is 0 Å². The second-order valence-electron chi connectivity index (χ2n) is 4.46. The number of hydrogen-bond acceptors (Lipinski definition) is 3. The Morgan fingerprint density at radius 3 is 2.76 bits per heavy atom. The van der Waals surface area contributed by atoms with Crippen molar-refractivity contribution in [2.45, 2.75) is 0 Å². The lowest BCUT2D eigenvalue weighted by Crippen LogP contribution is -2.20. The first kappa shape index (κ1) is 13.9. The molecule has 0 spiro atoms. The highest BCUT2D eigenvalue weighted by Crippen LogP contribution is 2.24. The highest BCUT2D eigenvalue weighted by Gasteiger charge is 2.05. The average molecular weight is 318 g/mol. The van der Waals surface area contributed by atoms with E-state index in [1.54, 1.807) is 35.6 Å². The Hall–Kier alpha value is -2.04. The number of halogens is 1. The Balaban J connectivity index is 1.59. The van der Waals surface area contributed by atoms with Crippen LogP contribution >= 0.6 is 22.9 Å². The molecule has 3 nitrogen and oxygen atoms in total. The molecule has 0 aliphatic heterocycles. The van der Waals surface area contributed by atoms with Gasteiger partial charge in [-0.05, 0) is 59.3 Å². The molecular formula is C16H12ClNO2S. The number of anilines is 1. The van der Waals surface area contributed by atoms with Crippen molar-refractivity contribution in [2.24, 2.45) is 0 Å². The van der Waals surface area contributed by atoms with Crippen LogP contribution < -0.4 is 10.1 Å². The third kappa shape index (κ3) is 3.54. The van der Waals surface area contributed by atoms with Crippen LogP contribution in [0.25, 0.3) is 10.1 Å². The van der Waals surface area contributed by atoms with Crippen molar-refractivity contribution in [1.82, 2.24) is 0 Å². The van der Waals surface area contributed by atoms with E-state index >= 15 is 0 Å². The predicted octanol–water partition coefficient (Wildman–Crippen LogP) is 4.57.